The minimum Gasteiger partial charge on any atom is -0.396 e. The summed E-state index contributed by atoms with van der Waals surface area (Å²) < 4.78 is 0. The molecule has 1 rings (SSSR count). The van der Waals surface area contributed by atoms with Gasteiger partial charge in [0, 0.05) is 26.2 Å². The van der Waals surface area contributed by atoms with E-state index >= 15 is 0 Å². The second-order valence-electron chi connectivity index (χ2n) is 7.28. The van der Waals surface area contributed by atoms with Crippen molar-refractivity contribution in [3.63, 3.8) is 0 Å². The highest BCUT2D eigenvalue weighted by atomic mass is 127. The molecule has 156 valence electrons. The molecule has 0 aromatic heterocycles. The Labute approximate surface area is 183 Å². The molecule has 0 aliphatic carbocycles. The van der Waals surface area contributed by atoms with Gasteiger partial charge in [-0.3, -0.25) is 0 Å². The largest absolute Gasteiger partial charge is 0.396 e. The summed E-state index contributed by atoms with van der Waals surface area (Å²) in [5.74, 6) is 0.842. The first kappa shape index (κ1) is 26.1. The van der Waals surface area contributed by atoms with E-state index in [0.29, 0.717) is 6.54 Å². The van der Waals surface area contributed by atoms with E-state index in [4.69, 9.17) is 4.99 Å². The number of hydrogen-bond acceptors (Lipinski definition) is 3. The molecule has 0 bridgehead atoms. The zero-order valence-electron chi connectivity index (χ0n) is 17.7. The molecule has 0 amide bonds. The number of aliphatic hydroxyl groups is 1. The van der Waals surface area contributed by atoms with Gasteiger partial charge in [-0.1, -0.05) is 38.1 Å². The van der Waals surface area contributed by atoms with Crippen molar-refractivity contribution in [2.45, 2.75) is 53.1 Å². The van der Waals surface area contributed by atoms with Crippen molar-refractivity contribution in [2.24, 2.45) is 10.4 Å². The minimum absolute atomic E-state index is 0. The first-order valence-electron chi connectivity index (χ1n) is 9.84. The molecule has 3 N–H and O–H groups in total. The normalized spacial score (nSPS) is 12.0. The maximum Gasteiger partial charge on any atom is 0.191 e. The molecular weight excluding hydrogens is 451 g/mol. The van der Waals surface area contributed by atoms with Crippen molar-refractivity contribution >= 4 is 29.9 Å². The molecule has 1 aromatic rings. The second-order valence-corrected chi connectivity index (χ2v) is 7.28. The molecule has 0 atom stereocenters. The summed E-state index contributed by atoms with van der Waals surface area (Å²) in [6.07, 6.45) is 2.91. The lowest BCUT2D eigenvalue weighted by molar-refractivity contribution is 0.169. The van der Waals surface area contributed by atoms with Gasteiger partial charge < -0.3 is 20.6 Å². The fourth-order valence-corrected chi connectivity index (χ4v) is 3.08. The van der Waals surface area contributed by atoms with Gasteiger partial charge in [-0.05, 0) is 56.8 Å². The van der Waals surface area contributed by atoms with Gasteiger partial charge in [0.1, 0.15) is 0 Å². The third-order valence-corrected chi connectivity index (χ3v) is 5.06. The van der Waals surface area contributed by atoms with Crippen LogP contribution in [0.5, 0.6) is 0 Å². The number of nitrogens with one attached hydrogen (secondary N) is 2. The fourth-order valence-electron chi connectivity index (χ4n) is 3.08. The number of guanidine groups is 1. The van der Waals surface area contributed by atoms with Crippen LogP contribution in [0.2, 0.25) is 0 Å². The predicted octanol–water partition coefficient (Wildman–Crippen LogP) is 3.61. The number of aliphatic hydroxyl groups excluding tert-OH is 1. The highest BCUT2D eigenvalue weighted by Crippen LogP contribution is 2.29. The summed E-state index contributed by atoms with van der Waals surface area (Å²) in [6.45, 7) is 9.97. The average molecular weight is 490 g/mol. The third kappa shape index (κ3) is 9.76. The summed E-state index contributed by atoms with van der Waals surface area (Å²) in [5, 5.41) is 16.2. The van der Waals surface area contributed by atoms with Crippen molar-refractivity contribution in [2.75, 3.05) is 33.8 Å². The maximum absolute atomic E-state index is 9.39. The Kier molecular flexibility index (Phi) is 13.7. The minimum atomic E-state index is 0. The monoisotopic (exact) mass is 490 g/mol. The molecular formula is C21H39IN4O. The number of rotatable bonds is 11. The highest BCUT2D eigenvalue weighted by Gasteiger charge is 2.25. The Morgan fingerprint density at radius 3 is 2.11 bits per heavy atom. The highest BCUT2D eigenvalue weighted by molar-refractivity contribution is 14.0. The average Bonchev–Trinajstić information content (AvgIpc) is 2.63. The molecule has 0 saturated heterocycles. The number of hydrogen-bond donors (Lipinski definition) is 3. The lowest BCUT2D eigenvalue weighted by atomic mass is 9.79. The van der Waals surface area contributed by atoms with E-state index in [0.717, 1.165) is 44.9 Å². The fraction of sp³-hybridized carbons (Fsp3) is 0.667. The molecule has 0 fully saturated rings. The second kappa shape index (κ2) is 14.2. The van der Waals surface area contributed by atoms with E-state index in [2.05, 4.69) is 74.7 Å². The first-order chi connectivity index (χ1) is 12.5. The van der Waals surface area contributed by atoms with Gasteiger partial charge in [-0.25, -0.2) is 4.99 Å². The van der Waals surface area contributed by atoms with Crippen LogP contribution in [0.15, 0.2) is 29.3 Å². The molecule has 1 aromatic carbocycles. The Morgan fingerprint density at radius 1 is 1.04 bits per heavy atom. The van der Waals surface area contributed by atoms with Crippen molar-refractivity contribution in [1.82, 2.24) is 15.5 Å². The standard InChI is InChI=1S/C21H38N4O.HI/c1-6-21(7-2,13-14-26)17-24-20(22-8-3)23-15-18-9-11-19(12-10-18)16-25(4)5;/h9-12,26H,6-8,13-17H2,1-5H3,(H2,22,23,24);1H. The van der Waals surface area contributed by atoms with Crippen molar-refractivity contribution in [3.05, 3.63) is 35.4 Å². The SMILES string of the molecule is CCNC(=NCc1ccc(CN(C)C)cc1)NCC(CC)(CC)CCO.I. The van der Waals surface area contributed by atoms with E-state index < -0.39 is 0 Å². The van der Waals surface area contributed by atoms with E-state index in [1.54, 1.807) is 0 Å². The van der Waals surface area contributed by atoms with Crippen molar-refractivity contribution < 1.29 is 5.11 Å². The zero-order valence-corrected chi connectivity index (χ0v) is 20.0. The van der Waals surface area contributed by atoms with E-state index in [9.17, 15) is 5.11 Å². The Morgan fingerprint density at radius 2 is 1.63 bits per heavy atom. The van der Waals surface area contributed by atoms with Gasteiger partial charge >= 0.3 is 0 Å². The number of aliphatic imine (C=N–C) groups is 1. The van der Waals surface area contributed by atoms with Crippen LogP contribution >= 0.6 is 24.0 Å². The summed E-state index contributed by atoms with van der Waals surface area (Å²) in [4.78, 5) is 6.89. The summed E-state index contributed by atoms with van der Waals surface area (Å²) >= 11 is 0. The van der Waals surface area contributed by atoms with Crippen LogP contribution in [0.3, 0.4) is 0 Å². The molecule has 0 heterocycles. The molecule has 5 nitrogen and oxygen atoms in total. The van der Waals surface area contributed by atoms with Gasteiger partial charge in [0.05, 0.1) is 6.54 Å². The predicted molar refractivity (Wildman–Crippen MR) is 127 cm³/mol. The van der Waals surface area contributed by atoms with E-state index in [-0.39, 0.29) is 36.0 Å². The molecule has 0 aliphatic heterocycles. The quantitative estimate of drug-likeness (QED) is 0.252. The van der Waals surface area contributed by atoms with Gasteiger partial charge in [-0.15, -0.1) is 24.0 Å². The lowest BCUT2D eigenvalue weighted by Crippen LogP contribution is -2.43. The summed E-state index contributed by atoms with van der Waals surface area (Å²) in [7, 11) is 4.16. The number of nitrogens with zero attached hydrogens (tertiary/aromatic N) is 2. The van der Waals surface area contributed by atoms with Gasteiger partial charge in [0.25, 0.3) is 0 Å². The van der Waals surface area contributed by atoms with Crippen LogP contribution in [-0.2, 0) is 13.1 Å². The Bertz CT molecular complexity index is 527. The van der Waals surface area contributed by atoms with Crippen LogP contribution in [0.25, 0.3) is 0 Å². The number of halogens is 1. The first-order valence-corrected chi connectivity index (χ1v) is 9.84. The molecule has 0 unspecified atom stereocenters. The maximum atomic E-state index is 9.39. The summed E-state index contributed by atoms with van der Waals surface area (Å²) in [6, 6.07) is 8.65. The van der Waals surface area contributed by atoms with Crippen LogP contribution in [0, 0.1) is 5.41 Å². The Hall–Kier alpha value is -0.860. The van der Waals surface area contributed by atoms with Crippen LogP contribution in [-0.4, -0.2) is 49.8 Å². The Balaban J connectivity index is 0.00000676. The third-order valence-electron chi connectivity index (χ3n) is 5.06. The topological polar surface area (TPSA) is 59.9 Å². The smallest absolute Gasteiger partial charge is 0.191 e. The van der Waals surface area contributed by atoms with Crippen LogP contribution in [0.1, 0.15) is 51.2 Å². The van der Waals surface area contributed by atoms with Crippen molar-refractivity contribution in [1.29, 1.82) is 0 Å². The van der Waals surface area contributed by atoms with E-state index in [1.807, 2.05) is 0 Å². The molecule has 27 heavy (non-hydrogen) atoms. The van der Waals surface area contributed by atoms with Crippen molar-refractivity contribution in [3.8, 4) is 0 Å². The molecule has 0 saturated carbocycles. The number of benzene rings is 1. The molecule has 6 heteroatoms. The molecule has 0 spiro atoms. The van der Waals surface area contributed by atoms with Crippen LogP contribution < -0.4 is 10.6 Å². The molecule has 0 aliphatic rings. The van der Waals surface area contributed by atoms with Gasteiger partial charge in [-0.2, -0.15) is 0 Å². The molecule has 0 radical (unpaired) electrons. The van der Waals surface area contributed by atoms with Gasteiger partial charge in [0.2, 0.25) is 0 Å². The zero-order chi connectivity index (χ0) is 19.4. The van der Waals surface area contributed by atoms with Crippen LogP contribution in [0.4, 0.5) is 0 Å². The van der Waals surface area contributed by atoms with Gasteiger partial charge in [0.15, 0.2) is 5.96 Å². The van der Waals surface area contributed by atoms with E-state index in [1.165, 1.54) is 11.1 Å². The lowest BCUT2D eigenvalue weighted by Gasteiger charge is -2.32. The summed E-state index contributed by atoms with van der Waals surface area (Å²) in [5.41, 5.74) is 2.64.